The molecule has 4 heterocycles. The number of H-pyrrole nitrogens is 1. The van der Waals surface area contributed by atoms with E-state index in [0.717, 1.165) is 107 Å². The lowest BCUT2D eigenvalue weighted by molar-refractivity contribution is 0.101. The van der Waals surface area contributed by atoms with Gasteiger partial charge >= 0.3 is 23.8 Å². The van der Waals surface area contributed by atoms with Gasteiger partial charge in [0.05, 0.1) is 97.8 Å². The number of fused-ring (bicyclic) bond motifs is 4. The van der Waals surface area contributed by atoms with Crippen LogP contribution >= 0.6 is 126 Å². The summed E-state index contributed by atoms with van der Waals surface area (Å²) in [5.74, 6) is 0.0831. The average Bonchev–Trinajstić information content (AvgIpc) is 1.59. The van der Waals surface area contributed by atoms with Gasteiger partial charge in [-0.15, -0.1) is 0 Å². The number of Topliss-reactive ketones (excluding diaryl/α,β-unsaturated/α-hetero) is 1. The van der Waals surface area contributed by atoms with E-state index < -0.39 is 23.8 Å². The van der Waals surface area contributed by atoms with Gasteiger partial charge in [-0.25, -0.2) is 0 Å². The molecule has 0 bridgehead atoms. The average molecular weight is 2480 g/mol. The SMILES string of the molecule is BrCc1ccc(Br)cc1.CC(=O)c1c(-c2ccccc2)n(-c2ccccc2)c2ccccc12.CCOP(=O)(Cc1ccc(Br)cc1)OCC.CCOP(=O)(Cc1ccc(Br)cc1)OCC.CCOP(OCC)OCC.Cc1ccc(Br)cc1.Ic1ccccc1.O=Cc1c(-c2ccccc2)n(-c2ccccc2)c2ccccc12.c1ccc(-c2cc3ccccc3[nH]2)cc1.c1ccc(-c2cc3ccccc3n2-c2ccccc2)cc1. The van der Waals surface area contributed by atoms with Crippen LogP contribution in [0.25, 0.3) is 106 Å². The first kappa shape index (κ1) is 118. The summed E-state index contributed by atoms with van der Waals surface area (Å²) in [4.78, 5) is 27.7. The van der Waals surface area contributed by atoms with Crippen LogP contribution in [-0.2, 0) is 58.5 Å². The molecule has 0 aliphatic rings. The second-order valence-corrected chi connectivity index (χ2v) is 43.6. The summed E-state index contributed by atoms with van der Waals surface area (Å²) < 4.78 is 73.0. The number of aldehydes is 1. The lowest BCUT2D eigenvalue weighted by atomic mass is 10.0. The highest BCUT2D eigenvalue weighted by Gasteiger charge is 2.27. The highest BCUT2D eigenvalue weighted by atomic mass is 127. The lowest BCUT2D eigenvalue weighted by Gasteiger charge is -2.16. The zero-order valence-corrected chi connectivity index (χ0v) is 97.6. The number of aromatic amines is 1. The van der Waals surface area contributed by atoms with Gasteiger partial charge < -0.3 is 50.4 Å². The molecular weight excluding hydrogens is 2350 g/mol. The van der Waals surface area contributed by atoms with Crippen molar-refractivity contribution in [2.45, 2.75) is 80.0 Å². The van der Waals surface area contributed by atoms with Crippen molar-refractivity contribution >= 4 is 182 Å². The Labute approximate surface area is 934 Å². The van der Waals surface area contributed by atoms with Crippen molar-refractivity contribution in [3.05, 3.63) is 504 Å². The summed E-state index contributed by atoms with van der Waals surface area (Å²) in [5.41, 5.74) is 22.7. The van der Waals surface area contributed by atoms with E-state index in [1.165, 1.54) is 64.7 Å². The summed E-state index contributed by atoms with van der Waals surface area (Å²) in [7, 11) is -7.00. The highest BCUT2D eigenvalue weighted by molar-refractivity contribution is 14.1. The third kappa shape index (κ3) is 36.8. The third-order valence-corrected chi connectivity index (χ3v) is 31.2. The third-order valence-electron chi connectivity index (χ3n) is 22.2. The van der Waals surface area contributed by atoms with E-state index in [1.54, 1.807) is 6.92 Å². The first-order chi connectivity index (χ1) is 72.6. The predicted molar refractivity (Wildman–Crippen MR) is 649 cm³/mol. The Hall–Kier alpha value is -11.2. The maximum absolute atomic E-state index is 12.5. The zero-order valence-electron chi connectivity index (χ0n) is 84.8. The highest BCUT2D eigenvalue weighted by Crippen LogP contribution is 2.53. The van der Waals surface area contributed by atoms with Crippen LogP contribution in [0.5, 0.6) is 0 Å². The van der Waals surface area contributed by atoms with Crippen LogP contribution in [0.3, 0.4) is 0 Å². The number of para-hydroxylation sites is 7. The summed E-state index contributed by atoms with van der Waals surface area (Å²) in [5, 5.41) is 5.43. The number of benzene rings is 16. The number of carbonyl (C=O) groups excluding carboxylic acids is 2. The Morgan fingerprint density at radius 2 is 0.678 bits per heavy atom. The van der Waals surface area contributed by atoms with Crippen LogP contribution in [0, 0.1) is 10.5 Å². The minimum atomic E-state index is -2.97. The molecule has 0 atom stereocenters. The molecule has 4 aromatic heterocycles. The molecular formula is C125H123Br5IN4O11P3. The minimum Gasteiger partial charge on any atom is -0.355 e. The predicted octanol–water partition coefficient (Wildman–Crippen LogP) is 38.9. The number of nitrogens with zero attached hydrogens (tertiary/aromatic N) is 3. The quantitative estimate of drug-likeness (QED) is 0.0163. The van der Waals surface area contributed by atoms with Crippen molar-refractivity contribution in [2.75, 3.05) is 46.2 Å². The number of aromatic nitrogens is 4. The smallest absolute Gasteiger partial charge is 0.335 e. The number of nitrogens with one attached hydrogen (secondary N) is 1. The maximum Gasteiger partial charge on any atom is 0.335 e. The molecule has 20 rings (SSSR count). The zero-order chi connectivity index (χ0) is 106. The Morgan fingerprint density at radius 3 is 1.06 bits per heavy atom. The maximum atomic E-state index is 12.5. The van der Waals surface area contributed by atoms with Crippen molar-refractivity contribution in [1.29, 1.82) is 0 Å². The second-order valence-electron chi connectivity index (χ2n) is 32.8. The van der Waals surface area contributed by atoms with Crippen LogP contribution in [-0.4, -0.2) is 77.0 Å². The fourth-order valence-corrected chi connectivity index (χ4v) is 21.8. The van der Waals surface area contributed by atoms with Gasteiger partial charge in [0.2, 0.25) is 0 Å². The molecule has 16 aromatic carbocycles. The molecule has 24 heteroatoms. The Bertz CT molecular complexity index is 7300. The summed E-state index contributed by atoms with van der Waals surface area (Å²) in [6.07, 6.45) is 1.61. The molecule has 0 amide bonds. The van der Waals surface area contributed by atoms with Crippen LogP contribution in [0.15, 0.2) is 467 Å². The van der Waals surface area contributed by atoms with Gasteiger partial charge in [0.1, 0.15) is 0 Å². The van der Waals surface area contributed by atoms with Gasteiger partial charge in [0, 0.05) is 82.2 Å². The standard InChI is InChI=1S/C22H17NO.C21H15NO.C20H15N.C14H11N.2C11H16BrO3P.C7H6Br2.C7H7Br.C6H5I.C6H15O3P/c1-16(24)21-19-14-8-9-15-20(19)23(18-12-6-3-7-13-18)22(21)17-10-4-2-5-11-17;23-15-19-18-13-7-8-14-20(18)22(17-11-5-2-6-12-17)21(19)16-9-3-1-4-10-16;1-3-9-16(10-4-1)20-15-17-11-7-8-14-19(17)21(20)18-12-5-2-6-13-18;1-2-6-11(7-3-1)14-10-12-8-4-5-9-13(12)15-14;2*1-3-14-16(13,15-4-2)9-10-5-7-11(12)8-6-10;8-5-6-1-3-7(9)4-2-6;1-6-2-4-7(8)5-3-6;7-6-4-2-1-3-5-6;1-4-7-10(8-5-2)9-6-3/h2-15H,1H3;1-15H;1-15H;1-10,15H;2*5-8H,3-4,9H2,1-2H3;1-4H,5H2;2-5H,1H3;1-5H;4-6H2,1-3H3. The van der Waals surface area contributed by atoms with Crippen LogP contribution in [0.2, 0.25) is 0 Å². The van der Waals surface area contributed by atoms with Crippen molar-refractivity contribution in [3.63, 3.8) is 0 Å². The van der Waals surface area contributed by atoms with Gasteiger partial charge in [0.25, 0.3) is 0 Å². The molecule has 0 fully saturated rings. The van der Waals surface area contributed by atoms with E-state index >= 15 is 0 Å². The fourth-order valence-electron chi connectivity index (χ4n) is 15.7. The van der Waals surface area contributed by atoms with Gasteiger partial charge in [-0.2, -0.15) is 0 Å². The van der Waals surface area contributed by atoms with Crippen LogP contribution in [0.1, 0.15) is 98.4 Å². The molecule has 0 aliphatic carbocycles. The first-order valence-electron chi connectivity index (χ1n) is 49.0. The van der Waals surface area contributed by atoms with Gasteiger partial charge in [0.15, 0.2) is 12.1 Å². The number of ketones is 1. The van der Waals surface area contributed by atoms with Gasteiger partial charge in [-0.1, -0.05) is 401 Å². The molecule has 1 N–H and O–H groups in total. The number of carbonyl (C=O) groups is 2. The van der Waals surface area contributed by atoms with E-state index in [2.05, 4.69) is 352 Å². The molecule has 0 unspecified atom stereocenters. The molecule has 20 aromatic rings. The largest absolute Gasteiger partial charge is 0.355 e. The fraction of sp³-hybridized carbons (Fsp3) is 0.152. The van der Waals surface area contributed by atoms with E-state index in [1.807, 2.05) is 273 Å². The number of aryl methyl sites for hydroxylation is 1. The van der Waals surface area contributed by atoms with Crippen molar-refractivity contribution in [3.8, 4) is 62.1 Å². The summed E-state index contributed by atoms with van der Waals surface area (Å²) >= 11 is 19.1. The summed E-state index contributed by atoms with van der Waals surface area (Å²) in [6, 6.07) is 151. The minimum absolute atomic E-state index is 0.0831. The first-order valence-corrected chi connectivity index (χ1v) is 59.0. The molecule has 15 nitrogen and oxygen atoms in total. The molecule has 766 valence electrons. The van der Waals surface area contributed by atoms with Crippen LogP contribution in [0.4, 0.5) is 0 Å². The number of rotatable bonds is 28. The van der Waals surface area contributed by atoms with E-state index in [0.29, 0.717) is 58.6 Å². The molecule has 0 spiro atoms. The van der Waals surface area contributed by atoms with Crippen LogP contribution < -0.4 is 0 Å². The number of hydrogen-bond donors (Lipinski definition) is 1. The van der Waals surface area contributed by atoms with Gasteiger partial charge in [-0.3, -0.25) is 18.7 Å². The van der Waals surface area contributed by atoms with Crippen molar-refractivity contribution in [1.82, 2.24) is 18.7 Å². The molecule has 0 saturated carbocycles. The lowest BCUT2D eigenvalue weighted by Crippen LogP contribution is -2.00. The number of halogens is 6. The van der Waals surface area contributed by atoms with E-state index in [-0.39, 0.29) is 5.78 Å². The Balaban J connectivity index is 0.000000161. The molecule has 149 heavy (non-hydrogen) atoms. The number of hydrogen-bond acceptors (Lipinski definition) is 11. The molecule has 0 saturated heterocycles. The Morgan fingerprint density at radius 1 is 0.349 bits per heavy atom. The van der Waals surface area contributed by atoms with Crippen molar-refractivity contribution < 1.29 is 50.4 Å². The van der Waals surface area contributed by atoms with Gasteiger partial charge in [-0.05, 0) is 257 Å². The van der Waals surface area contributed by atoms with Crippen molar-refractivity contribution in [2.24, 2.45) is 0 Å². The normalized spacial score (nSPS) is 10.7. The topological polar surface area (TPSA) is 163 Å². The number of alkyl halides is 1. The molecule has 0 aliphatic heterocycles. The van der Waals surface area contributed by atoms with E-state index in [9.17, 15) is 18.7 Å². The monoisotopic (exact) mass is 2470 g/mol. The summed E-state index contributed by atoms with van der Waals surface area (Å²) in [6.45, 7) is 20.3. The Kier molecular flexibility index (Phi) is 50.5. The van der Waals surface area contributed by atoms with E-state index in [4.69, 9.17) is 31.7 Å². The molecule has 0 radical (unpaired) electrons. The second kappa shape index (κ2) is 63.8.